The van der Waals surface area contributed by atoms with Crippen molar-refractivity contribution in [3.05, 3.63) is 105 Å². The standard InChI is InChI=1S/C27H26FN5OS/c1-17-14-23(24-16-35-27(30-24)29-15-20-10-12-21(28)13-11-20)18(2)32(17)25-19(3)31(4)33(26(25)34)22-8-6-5-7-9-22/h5-14,16H,15H2,1-4H3,(H,29,30). The van der Waals surface area contributed by atoms with Crippen LogP contribution in [0.2, 0.25) is 0 Å². The minimum atomic E-state index is -0.246. The zero-order chi connectivity index (χ0) is 24.7. The maximum absolute atomic E-state index is 13.6. The van der Waals surface area contributed by atoms with Crippen molar-refractivity contribution in [3.63, 3.8) is 0 Å². The average molecular weight is 488 g/mol. The van der Waals surface area contributed by atoms with Crippen molar-refractivity contribution in [2.45, 2.75) is 27.3 Å². The Labute approximate surface area is 206 Å². The van der Waals surface area contributed by atoms with Gasteiger partial charge in [-0.05, 0) is 56.7 Å². The molecule has 0 aliphatic heterocycles. The van der Waals surface area contributed by atoms with Crippen LogP contribution in [0.15, 0.2) is 70.8 Å². The molecule has 3 aromatic heterocycles. The summed E-state index contributed by atoms with van der Waals surface area (Å²) in [6, 6.07) is 18.2. The normalized spacial score (nSPS) is 11.2. The van der Waals surface area contributed by atoms with Crippen molar-refractivity contribution < 1.29 is 4.39 Å². The van der Waals surface area contributed by atoms with E-state index in [1.54, 1.807) is 16.8 Å². The summed E-state index contributed by atoms with van der Waals surface area (Å²) in [4.78, 5) is 18.3. The molecule has 3 heterocycles. The third kappa shape index (κ3) is 4.10. The molecule has 0 aliphatic rings. The van der Waals surface area contributed by atoms with Crippen molar-refractivity contribution in [1.29, 1.82) is 0 Å². The first-order chi connectivity index (χ1) is 16.8. The Morgan fingerprint density at radius 1 is 1.00 bits per heavy atom. The van der Waals surface area contributed by atoms with E-state index in [-0.39, 0.29) is 11.4 Å². The van der Waals surface area contributed by atoms with Crippen LogP contribution in [0.25, 0.3) is 22.6 Å². The van der Waals surface area contributed by atoms with E-state index >= 15 is 0 Å². The Morgan fingerprint density at radius 2 is 1.71 bits per heavy atom. The third-order valence-corrected chi connectivity index (χ3v) is 7.12. The highest BCUT2D eigenvalue weighted by Gasteiger charge is 2.22. The summed E-state index contributed by atoms with van der Waals surface area (Å²) in [6.07, 6.45) is 0. The maximum atomic E-state index is 13.6. The minimum absolute atomic E-state index is 0.0653. The average Bonchev–Trinajstić information content (AvgIpc) is 3.50. The topological polar surface area (TPSA) is 56.8 Å². The lowest BCUT2D eigenvalue weighted by molar-refractivity contribution is 0.627. The predicted octanol–water partition coefficient (Wildman–Crippen LogP) is 5.77. The highest BCUT2D eigenvalue weighted by atomic mass is 32.1. The molecule has 0 fully saturated rings. The van der Waals surface area contributed by atoms with E-state index in [1.807, 2.05) is 72.8 Å². The quantitative estimate of drug-likeness (QED) is 0.331. The number of anilines is 1. The summed E-state index contributed by atoms with van der Waals surface area (Å²) in [5.41, 5.74) is 7.04. The van der Waals surface area contributed by atoms with Crippen LogP contribution < -0.4 is 10.9 Å². The number of aryl methyl sites for hydroxylation is 1. The van der Waals surface area contributed by atoms with Gasteiger partial charge in [-0.2, -0.15) is 0 Å². The molecule has 6 nitrogen and oxygen atoms in total. The van der Waals surface area contributed by atoms with Gasteiger partial charge in [-0.25, -0.2) is 14.1 Å². The van der Waals surface area contributed by atoms with Crippen molar-refractivity contribution in [2.24, 2.45) is 7.05 Å². The van der Waals surface area contributed by atoms with Gasteiger partial charge in [0.1, 0.15) is 11.5 Å². The molecule has 2 aromatic carbocycles. The molecule has 0 spiro atoms. The molecule has 8 heteroatoms. The van der Waals surface area contributed by atoms with Crippen LogP contribution in [0, 0.1) is 26.6 Å². The molecule has 0 bridgehead atoms. The lowest BCUT2D eigenvalue weighted by Gasteiger charge is -2.08. The van der Waals surface area contributed by atoms with E-state index in [9.17, 15) is 9.18 Å². The summed E-state index contributed by atoms with van der Waals surface area (Å²) in [5.74, 6) is -0.246. The molecule has 0 saturated heterocycles. The molecular formula is C27H26FN5OS. The molecule has 0 radical (unpaired) electrons. The monoisotopic (exact) mass is 487 g/mol. The number of aromatic nitrogens is 4. The van der Waals surface area contributed by atoms with Crippen LogP contribution in [-0.4, -0.2) is 18.9 Å². The van der Waals surface area contributed by atoms with E-state index in [0.717, 1.165) is 44.7 Å². The first-order valence-electron chi connectivity index (χ1n) is 11.3. The Kier molecular flexibility index (Phi) is 5.90. The lowest BCUT2D eigenvalue weighted by atomic mass is 10.2. The van der Waals surface area contributed by atoms with Gasteiger partial charge in [0.15, 0.2) is 5.13 Å². The molecule has 0 unspecified atom stereocenters. The molecular weight excluding hydrogens is 461 g/mol. The summed E-state index contributed by atoms with van der Waals surface area (Å²) >= 11 is 1.52. The SMILES string of the molecule is Cc1cc(-c2csc(NCc3ccc(F)cc3)n2)c(C)n1-c1c(C)n(C)n(-c2ccccc2)c1=O. The molecule has 1 N–H and O–H groups in total. The largest absolute Gasteiger partial charge is 0.357 e. The second kappa shape index (κ2) is 9.03. The number of para-hydroxylation sites is 1. The highest BCUT2D eigenvalue weighted by molar-refractivity contribution is 7.14. The van der Waals surface area contributed by atoms with E-state index < -0.39 is 0 Å². The lowest BCUT2D eigenvalue weighted by Crippen LogP contribution is -2.21. The number of halogens is 1. The van der Waals surface area contributed by atoms with E-state index in [4.69, 9.17) is 4.98 Å². The summed E-state index contributed by atoms with van der Waals surface area (Å²) in [5, 5.41) is 6.11. The zero-order valence-electron chi connectivity index (χ0n) is 20.0. The number of benzene rings is 2. The number of hydrogen-bond acceptors (Lipinski definition) is 4. The Morgan fingerprint density at radius 3 is 2.43 bits per heavy atom. The molecule has 0 amide bonds. The number of rotatable bonds is 6. The van der Waals surface area contributed by atoms with E-state index in [2.05, 4.69) is 11.4 Å². The number of nitrogens with zero attached hydrogens (tertiary/aromatic N) is 4. The van der Waals surface area contributed by atoms with Crippen molar-refractivity contribution in [3.8, 4) is 22.6 Å². The van der Waals surface area contributed by atoms with Gasteiger partial charge in [-0.3, -0.25) is 9.48 Å². The van der Waals surface area contributed by atoms with Gasteiger partial charge in [-0.1, -0.05) is 30.3 Å². The van der Waals surface area contributed by atoms with Gasteiger partial charge in [-0.15, -0.1) is 11.3 Å². The van der Waals surface area contributed by atoms with Crippen molar-refractivity contribution in [1.82, 2.24) is 18.9 Å². The van der Waals surface area contributed by atoms with Gasteiger partial charge in [0, 0.05) is 35.9 Å². The molecule has 178 valence electrons. The van der Waals surface area contributed by atoms with Crippen LogP contribution >= 0.6 is 11.3 Å². The first-order valence-corrected chi connectivity index (χ1v) is 12.2. The molecule has 0 saturated carbocycles. The fraction of sp³-hybridized carbons (Fsp3) is 0.185. The maximum Gasteiger partial charge on any atom is 0.295 e. The van der Waals surface area contributed by atoms with Crippen LogP contribution in [0.3, 0.4) is 0 Å². The first kappa shape index (κ1) is 22.9. The summed E-state index contributed by atoms with van der Waals surface area (Å²) in [7, 11) is 1.90. The fourth-order valence-corrected chi connectivity index (χ4v) is 5.15. The molecule has 5 aromatic rings. The predicted molar refractivity (Wildman–Crippen MR) is 139 cm³/mol. The Balaban J connectivity index is 1.48. The highest BCUT2D eigenvalue weighted by Crippen LogP contribution is 2.32. The van der Waals surface area contributed by atoms with Crippen LogP contribution in [-0.2, 0) is 13.6 Å². The molecule has 35 heavy (non-hydrogen) atoms. The van der Waals surface area contributed by atoms with Crippen LogP contribution in [0.5, 0.6) is 0 Å². The number of nitrogens with one attached hydrogen (secondary N) is 1. The third-order valence-electron chi connectivity index (χ3n) is 6.32. The van der Waals surface area contributed by atoms with E-state index in [1.165, 1.54) is 23.5 Å². The fourth-order valence-electron chi connectivity index (χ4n) is 4.44. The van der Waals surface area contributed by atoms with Crippen LogP contribution in [0.4, 0.5) is 9.52 Å². The summed E-state index contributed by atoms with van der Waals surface area (Å²) < 4.78 is 18.8. The molecule has 0 atom stereocenters. The smallest absolute Gasteiger partial charge is 0.295 e. The van der Waals surface area contributed by atoms with Gasteiger partial charge < -0.3 is 9.88 Å². The number of hydrogen-bond donors (Lipinski definition) is 1. The second-order valence-electron chi connectivity index (χ2n) is 8.55. The van der Waals surface area contributed by atoms with Gasteiger partial charge in [0.25, 0.3) is 5.56 Å². The van der Waals surface area contributed by atoms with Crippen molar-refractivity contribution >= 4 is 16.5 Å². The molecule has 5 rings (SSSR count). The summed E-state index contributed by atoms with van der Waals surface area (Å²) in [6.45, 7) is 6.56. The molecule has 0 aliphatic carbocycles. The second-order valence-corrected chi connectivity index (χ2v) is 9.41. The zero-order valence-corrected chi connectivity index (χ0v) is 20.9. The van der Waals surface area contributed by atoms with Crippen molar-refractivity contribution in [2.75, 3.05) is 5.32 Å². The van der Waals surface area contributed by atoms with Crippen LogP contribution in [0.1, 0.15) is 22.6 Å². The Hall–Kier alpha value is -3.91. The van der Waals surface area contributed by atoms with Gasteiger partial charge in [0.05, 0.1) is 17.1 Å². The minimum Gasteiger partial charge on any atom is -0.357 e. The van der Waals surface area contributed by atoms with E-state index in [0.29, 0.717) is 12.2 Å². The number of thiazole rings is 1. The van der Waals surface area contributed by atoms with Gasteiger partial charge in [0.2, 0.25) is 0 Å². The van der Waals surface area contributed by atoms with Gasteiger partial charge >= 0.3 is 0 Å². The Bertz CT molecular complexity index is 1560.